The van der Waals surface area contributed by atoms with Gasteiger partial charge in [-0.3, -0.25) is 4.79 Å². The third-order valence-electron chi connectivity index (χ3n) is 3.51. The second-order valence-electron chi connectivity index (χ2n) is 4.68. The summed E-state index contributed by atoms with van der Waals surface area (Å²) in [6, 6.07) is 5.10. The lowest BCUT2D eigenvalue weighted by molar-refractivity contribution is -0.141. The molecule has 2 rings (SSSR count). The van der Waals surface area contributed by atoms with E-state index in [-0.39, 0.29) is 11.9 Å². The maximum absolute atomic E-state index is 13.6. The topological polar surface area (TPSA) is 40.5 Å². The standard InChI is InChI=1S/C13H16FNO2/c1-8(13(16)17)6-9-7-10-11(14)4-3-5-12(10)15(9)2/h3-5,8-9H,6-7H2,1-2H3,(H,16,17). The second kappa shape index (κ2) is 4.35. The van der Waals surface area contributed by atoms with Crippen LogP contribution in [0, 0.1) is 11.7 Å². The van der Waals surface area contributed by atoms with E-state index in [1.165, 1.54) is 6.07 Å². The molecule has 3 nitrogen and oxygen atoms in total. The molecular weight excluding hydrogens is 221 g/mol. The quantitative estimate of drug-likeness (QED) is 0.876. The van der Waals surface area contributed by atoms with E-state index in [2.05, 4.69) is 0 Å². The van der Waals surface area contributed by atoms with Crippen LogP contribution in [0.2, 0.25) is 0 Å². The van der Waals surface area contributed by atoms with Gasteiger partial charge in [0.05, 0.1) is 5.92 Å². The van der Waals surface area contributed by atoms with Crippen LogP contribution in [0.1, 0.15) is 18.9 Å². The highest BCUT2D eigenvalue weighted by molar-refractivity contribution is 5.70. The number of aliphatic carboxylic acids is 1. The van der Waals surface area contributed by atoms with Crippen LogP contribution in [0.4, 0.5) is 10.1 Å². The minimum absolute atomic E-state index is 0.0769. The van der Waals surface area contributed by atoms with Crippen LogP contribution < -0.4 is 4.90 Å². The number of anilines is 1. The predicted octanol–water partition coefficient (Wildman–Crippen LogP) is 2.30. The van der Waals surface area contributed by atoms with E-state index >= 15 is 0 Å². The summed E-state index contributed by atoms with van der Waals surface area (Å²) in [5.74, 6) is -1.39. The monoisotopic (exact) mass is 237 g/mol. The molecule has 1 aliphatic heterocycles. The van der Waals surface area contributed by atoms with Gasteiger partial charge in [-0.1, -0.05) is 13.0 Å². The molecule has 1 aliphatic rings. The van der Waals surface area contributed by atoms with Crippen LogP contribution in [0.5, 0.6) is 0 Å². The molecule has 0 spiro atoms. The molecule has 1 aromatic rings. The summed E-state index contributed by atoms with van der Waals surface area (Å²) >= 11 is 0. The molecule has 1 aromatic carbocycles. The molecule has 0 aromatic heterocycles. The summed E-state index contributed by atoms with van der Waals surface area (Å²) in [7, 11) is 1.89. The molecule has 17 heavy (non-hydrogen) atoms. The number of rotatable bonds is 3. The summed E-state index contributed by atoms with van der Waals surface area (Å²) in [4.78, 5) is 12.8. The highest BCUT2D eigenvalue weighted by atomic mass is 19.1. The van der Waals surface area contributed by atoms with Crippen molar-refractivity contribution in [3.05, 3.63) is 29.6 Å². The largest absolute Gasteiger partial charge is 0.481 e. The molecular formula is C13H16FNO2. The summed E-state index contributed by atoms with van der Waals surface area (Å²) in [6.45, 7) is 1.69. The molecule has 0 aliphatic carbocycles. The van der Waals surface area contributed by atoms with Crippen molar-refractivity contribution in [1.82, 2.24) is 0 Å². The minimum atomic E-state index is -0.796. The molecule has 0 amide bonds. The van der Waals surface area contributed by atoms with E-state index in [0.29, 0.717) is 18.4 Å². The van der Waals surface area contributed by atoms with Crippen LogP contribution in [0.25, 0.3) is 0 Å². The van der Waals surface area contributed by atoms with Gasteiger partial charge in [-0.05, 0) is 25.0 Å². The van der Waals surface area contributed by atoms with Crippen LogP contribution in [-0.2, 0) is 11.2 Å². The lowest BCUT2D eigenvalue weighted by Crippen LogP contribution is -2.31. The highest BCUT2D eigenvalue weighted by Gasteiger charge is 2.30. The average molecular weight is 237 g/mol. The first kappa shape index (κ1) is 11.9. The minimum Gasteiger partial charge on any atom is -0.481 e. The molecule has 0 radical (unpaired) electrons. The Kier molecular flexibility index (Phi) is 3.05. The normalized spacial score (nSPS) is 20.2. The number of nitrogens with zero attached hydrogens (tertiary/aromatic N) is 1. The van der Waals surface area contributed by atoms with Crippen LogP contribution in [0.15, 0.2) is 18.2 Å². The Labute approximate surface area is 99.9 Å². The smallest absolute Gasteiger partial charge is 0.306 e. The fraction of sp³-hybridized carbons (Fsp3) is 0.462. The van der Waals surface area contributed by atoms with Crippen molar-refractivity contribution < 1.29 is 14.3 Å². The number of carbonyl (C=O) groups is 1. The van der Waals surface area contributed by atoms with Crippen molar-refractivity contribution in [2.75, 3.05) is 11.9 Å². The molecule has 0 saturated heterocycles. The summed E-state index contributed by atoms with van der Waals surface area (Å²) in [6.07, 6.45) is 1.13. The SMILES string of the molecule is CC(CC1Cc2c(F)cccc2N1C)C(=O)O. The van der Waals surface area contributed by atoms with Crippen molar-refractivity contribution >= 4 is 11.7 Å². The second-order valence-corrected chi connectivity index (χ2v) is 4.68. The Morgan fingerprint density at radius 2 is 2.35 bits per heavy atom. The van der Waals surface area contributed by atoms with Crippen molar-refractivity contribution in [1.29, 1.82) is 0 Å². The molecule has 4 heteroatoms. The number of halogens is 1. The summed E-state index contributed by atoms with van der Waals surface area (Å²) in [5, 5.41) is 8.91. The zero-order chi connectivity index (χ0) is 12.6. The van der Waals surface area contributed by atoms with E-state index in [1.807, 2.05) is 18.0 Å². The van der Waals surface area contributed by atoms with Gasteiger partial charge in [0.15, 0.2) is 0 Å². The van der Waals surface area contributed by atoms with E-state index < -0.39 is 11.9 Å². The molecule has 0 bridgehead atoms. The summed E-state index contributed by atoms with van der Waals surface area (Å²) < 4.78 is 13.6. The molecule has 1 N–H and O–H groups in total. The number of benzene rings is 1. The first-order valence-electron chi connectivity index (χ1n) is 5.73. The number of hydrogen-bond acceptors (Lipinski definition) is 2. The molecule has 2 atom stereocenters. The predicted molar refractivity (Wildman–Crippen MR) is 63.7 cm³/mol. The van der Waals surface area contributed by atoms with Crippen molar-refractivity contribution in [3.8, 4) is 0 Å². The fourth-order valence-electron chi connectivity index (χ4n) is 2.40. The van der Waals surface area contributed by atoms with Gasteiger partial charge in [0.1, 0.15) is 5.82 Å². The van der Waals surface area contributed by atoms with Crippen molar-refractivity contribution in [2.45, 2.75) is 25.8 Å². The van der Waals surface area contributed by atoms with Crippen LogP contribution in [-0.4, -0.2) is 24.2 Å². The van der Waals surface area contributed by atoms with Gasteiger partial charge < -0.3 is 10.0 Å². The molecule has 92 valence electrons. The zero-order valence-corrected chi connectivity index (χ0v) is 9.98. The number of hydrogen-bond donors (Lipinski definition) is 1. The maximum atomic E-state index is 13.6. The van der Waals surface area contributed by atoms with E-state index in [9.17, 15) is 9.18 Å². The lowest BCUT2D eigenvalue weighted by Gasteiger charge is -2.24. The Hall–Kier alpha value is -1.58. The Morgan fingerprint density at radius 3 is 2.94 bits per heavy atom. The number of fused-ring (bicyclic) bond motifs is 1. The Bertz CT molecular complexity index is 447. The van der Waals surface area contributed by atoms with E-state index in [4.69, 9.17) is 5.11 Å². The molecule has 2 unspecified atom stereocenters. The zero-order valence-electron chi connectivity index (χ0n) is 9.98. The third-order valence-corrected chi connectivity index (χ3v) is 3.51. The van der Waals surface area contributed by atoms with E-state index in [1.54, 1.807) is 13.0 Å². The van der Waals surface area contributed by atoms with Gasteiger partial charge in [0, 0.05) is 24.3 Å². The average Bonchev–Trinajstić information content (AvgIpc) is 2.58. The van der Waals surface area contributed by atoms with Crippen molar-refractivity contribution in [3.63, 3.8) is 0 Å². The van der Waals surface area contributed by atoms with Gasteiger partial charge in [-0.25, -0.2) is 4.39 Å². The number of likely N-dealkylation sites (N-methyl/N-ethyl adjacent to an activating group) is 1. The van der Waals surface area contributed by atoms with Crippen molar-refractivity contribution in [2.24, 2.45) is 5.92 Å². The number of carboxylic acids is 1. The van der Waals surface area contributed by atoms with Gasteiger partial charge in [0.25, 0.3) is 0 Å². The summed E-state index contributed by atoms with van der Waals surface area (Å²) in [5.41, 5.74) is 1.59. The van der Waals surface area contributed by atoms with Gasteiger partial charge in [0.2, 0.25) is 0 Å². The first-order chi connectivity index (χ1) is 8.00. The molecule has 1 heterocycles. The third kappa shape index (κ3) is 2.12. The Balaban J connectivity index is 2.17. The first-order valence-corrected chi connectivity index (χ1v) is 5.73. The van der Waals surface area contributed by atoms with Gasteiger partial charge >= 0.3 is 5.97 Å². The maximum Gasteiger partial charge on any atom is 0.306 e. The molecule has 0 saturated carbocycles. The lowest BCUT2D eigenvalue weighted by atomic mass is 9.99. The number of carboxylic acid groups (broad SMARTS) is 1. The van der Waals surface area contributed by atoms with Crippen LogP contribution in [0.3, 0.4) is 0 Å². The highest BCUT2D eigenvalue weighted by Crippen LogP contribution is 2.34. The fourth-order valence-corrected chi connectivity index (χ4v) is 2.40. The van der Waals surface area contributed by atoms with Crippen LogP contribution >= 0.6 is 0 Å². The van der Waals surface area contributed by atoms with Gasteiger partial charge in [-0.15, -0.1) is 0 Å². The van der Waals surface area contributed by atoms with E-state index in [0.717, 1.165) is 5.69 Å². The van der Waals surface area contributed by atoms with Gasteiger partial charge in [-0.2, -0.15) is 0 Å². The Morgan fingerprint density at radius 1 is 1.65 bits per heavy atom. The molecule has 0 fully saturated rings.